The molecule has 10 heteroatoms. The molecule has 3 rings (SSSR count). The summed E-state index contributed by atoms with van der Waals surface area (Å²) in [6, 6.07) is 14.0. The average Bonchev–Trinajstić information content (AvgIpc) is 2.81. The van der Waals surface area contributed by atoms with Crippen molar-refractivity contribution in [3.8, 4) is 0 Å². The number of aromatic amines is 1. The number of anilines is 3. The van der Waals surface area contributed by atoms with Crippen molar-refractivity contribution < 1.29 is 14.3 Å². The van der Waals surface area contributed by atoms with Crippen molar-refractivity contribution in [1.29, 1.82) is 0 Å². The number of benzene rings is 2. The summed E-state index contributed by atoms with van der Waals surface area (Å²) in [5.41, 5.74) is 12.4. The van der Waals surface area contributed by atoms with Gasteiger partial charge < -0.3 is 21.1 Å². The first-order valence-corrected chi connectivity index (χ1v) is 11.1. The molecule has 1 amide bonds. The highest BCUT2D eigenvalue weighted by Crippen LogP contribution is 2.21. The van der Waals surface area contributed by atoms with Crippen molar-refractivity contribution in [3.05, 3.63) is 86.1 Å². The summed E-state index contributed by atoms with van der Waals surface area (Å²) >= 11 is 0. The number of aryl methyl sites for hydroxylation is 1. The third kappa shape index (κ3) is 5.78. The van der Waals surface area contributed by atoms with Gasteiger partial charge in [0.25, 0.3) is 11.5 Å². The number of carbonyl (C=O) groups excluding carboxylic acids is 2. The van der Waals surface area contributed by atoms with E-state index >= 15 is 0 Å². The second-order valence-electron chi connectivity index (χ2n) is 8.58. The molecule has 0 spiro atoms. The number of para-hydroxylation sites is 1. The van der Waals surface area contributed by atoms with Crippen LogP contribution in [0.3, 0.4) is 0 Å². The number of hydrogen-bond donors (Lipinski definition) is 3. The van der Waals surface area contributed by atoms with E-state index in [2.05, 4.69) is 4.98 Å². The fourth-order valence-electron chi connectivity index (χ4n) is 3.59. The van der Waals surface area contributed by atoms with Gasteiger partial charge in [0.1, 0.15) is 5.82 Å². The van der Waals surface area contributed by atoms with Crippen LogP contribution in [-0.4, -0.2) is 34.6 Å². The van der Waals surface area contributed by atoms with E-state index < -0.39 is 29.7 Å². The standard InChI is InChI=1S/C25H29N5O5/c1-15(2)12-29(19(31)14-35-24(33)18-11-7-8-16(3)20(18)26)21-22(27)30(25(34)28-23(21)32)13-17-9-5-4-6-10-17/h4-11,15H,12-14,26-27H2,1-3H3,(H,28,32,34). The summed E-state index contributed by atoms with van der Waals surface area (Å²) in [7, 11) is 0. The summed E-state index contributed by atoms with van der Waals surface area (Å²) in [6.07, 6.45) is 0. The zero-order chi connectivity index (χ0) is 25.7. The molecule has 0 aliphatic rings. The average molecular weight is 480 g/mol. The summed E-state index contributed by atoms with van der Waals surface area (Å²) in [5, 5.41) is 0. The van der Waals surface area contributed by atoms with Crippen LogP contribution in [0.2, 0.25) is 0 Å². The van der Waals surface area contributed by atoms with E-state index in [1.807, 2.05) is 44.2 Å². The van der Waals surface area contributed by atoms with Crippen LogP contribution in [0.15, 0.2) is 58.1 Å². The first-order chi connectivity index (χ1) is 16.6. The van der Waals surface area contributed by atoms with E-state index in [1.165, 1.54) is 10.6 Å². The number of amides is 1. The van der Waals surface area contributed by atoms with Crippen molar-refractivity contribution in [2.45, 2.75) is 27.3 Å². The summed E-state index contributed by atoms with van der Waals surface area (Å²) < 4.78 is 6.39. The fraction of sp³-hybridized carbons (Fsp3) is 0.280. The van der Waals surface area contributed by atoms with Gasteiger partial charge in [-0.1, -0.05) is 56.3 Å². The van der Waals surface area contributed by atoms with Gasteiger partial charge in [-0.2, -0.15) is 0 Å². The Morgan fingerprint density at radius 2 is 1.74 bits per heavy atom. The Morgan fingerprint density at radius 1 is 1.06 bits per heavy atom. The molecular formula is C25H29N5O5. The highest BCUT2D eigenvalue weighted by molar-refractivity contribution is 6.00. The number of nitrogens with zero attached hydrogens (tertiary/aromatic N) is 2. The number of rotatable bonds is 8. The van der Waals surface area contributed by atoms with Crippen LogP contribution >= 0.6 is 0 Å². The van der Waals surface area contributed by atoms with E-state index in [0.29, 0.717) is 5.56 Å². The lowest BCUT2D eigenvalue weighted by atomic mass is 10.1. The van der Waals surface area contributed by atoms with E-state index in [0.717, 1.165) is 10.5 Å². The van der Waals surface area contributed by atoms with Crippen LogP contribution in [0, 0.1) is 12.8 Å². The third-order valence-electron chi connectivity index (χ3n) is 5.39. The van der Waals surface area contributed by atoms with Gasteiger partial charge in [-0.25, -0.2) is 9.59 Å². The molecule has 35 heavy (non-hydrogen) atoms. The number of carbonyl (C=O) groups is 2. The normalized spacial score (nSPS) is 10.9. The minimum atomic E-state index is -0.805. The number of esters is 1. The molecule has 0 radical (unpaired) electrons. The number of nitrogens with two attached hydrogens (primary N) is 2. The van der Waals surface area contributed by atoms with Crippen molar-refractivity contribution in [2.75, 3.05) is 29.5 Å². The molecule has 0 unspecified atom stereocenters. The number of aromatic nitrogens is 2. The first-order valence-electron chi connectivity index (χ1n) is 11.1. The van der Waals surface area contributed by atoms with Gasteiger partial charge in [-0.3, -0.25) is 19.1 Å². The SMILES string of the molecule is Cc1cccc(C(=O)OCC(=O)N(CC(C)C)c2c(N)n(Cc3ccccc3)c(=O)[nH]c2=O)c1N. The van der Waals surface area contributed by atoms with Gasteiger partial charge in [0.15, 0.2) is 12.3 Å². The Hall–Kier alpha value is -4.34. The van der Waals surface area contributed by atoms with E-state index in [-0.39, 0.29) is 41.8 Å². The summed E-state index contributed by atoms with van der Waals surface area (Å²) in [4.78, 5) is 54.3. The molecule has 1 aromatic heterocycles. The Bertz CT molecular complexity index is 1340. The minimum Gasteiger partial charge on any atom is -0.452 e. The molecular weight excluding hydrogens is 450 g/mol. The van der Waals surface area contributed by atoms with Crippen molar-refractivity contribution in [2.24, 2.45) is 5.92 Å². The van der Waals surface area contributed by atoms with Crippen LogP contribution in [-0.2, 0) is 16.1 Å². The van der Waals surface area contributed by atoms with Crippen LogP contribution in [0.4, 0.5) is 17.2 Å². The van der Waals surface area contributed by atoms with Crippen molar-refractivity contribution >= 4 is 29.1 Å². The van der Waals surface area contributed by atoms with Crippen LogP contribution in [0.25, 0.3) is 0 Å². The van der Waals surface area contributed by atoms with E-state index in [9.17, 15) is 19.2 Å². The predicted molar refractivity (Wildman–Crippen MR) is 134 cm³/mol. The fourth-order valence-corrected chi connectivity index (χ4v) is 3.59. The maximum absolute atomic E-state index is 13.1. The molecule has 10 nitrogen and oxygen atoms in total. The summed E-state index contributed by atoms with van der Waals surface area (Å²) in [6.45, 7) is 5.02. The van der Waals surface area contributed by atoms with Gasteiger partial charge >= 0.3 is 11.7 Å². The first kappa shape index (κ1) is 25.3. The smallest absolute Gasteiger partial charge is 0.340 e. The Kier molecular flexibility index (Phi) is 7.75. The molecule has 0 saturated heterocycles. The maximum atomic E-state index is 13.1. The molecule has 0 bridgehead atoms. The van der Waals surface area contributed by atoms with Crippen LogP contribution in [0.1, 0.15) is 35.3 Å². The lowest BCUT2D eigenvalue weighted by Crippen LogP contribution is -2.44. The van der Waals surface area contributed by atoms with Gasteiger partial charge in [0.05, 0.1) is 12.1 Å². The number of H-pyrrole nitrogens is 1. The highest BCUT2D eigenvalue weighted by Gasteiger charge is 2.26. The number of hydrogen-bond acceptors (Lipinski definition) is 7. The monoisotopic (exact) mass is 479 g/mol. The highest BCUT2D eigenvalue weighted by atomic mass is 16.5. The van der Waals surface area contributed by atoms with Crippen LogP contribution < -0.4 is 27.6 Å². The van der Waals surface area contributed by atoms with Gasteiger partial charge in [0, 0.05) is 12.2 Å². The molecule has 0 aliphatic carbocycles. The molecule has 3 aromatic rings. The molecule has 5 N–H and O–H groups in total. The maximum Gasteiger partial charge on any atom is 0.340 e. The topological polar surface area (TPSA) is 154 Å². The van der Waals surface area contributed by atoms with E-state index in [1.54, 1.807) is 19.1 Å². The van der Waals surface area contributed by atoms with Gasteiger partial charge in [-0.05, 0) is 30.0 Å². The molecule has 0 aliphatic heterocycles. The Labute approximate surface area is 202 Å². The predicted octanol–water partition coefficient (Wildman–Crippen LogP) is 1.90. The zero-order valence-corrected chi connectivity index (χ0v) is 19.9. The van der Waals surface area contributed by atoms with Gasteiger partial charge in [-0.15, -0.1) is 0 Å². The molecule has 0 fully saturated rings. The molecule has 0 atom stereocenters. The summed E-state index contributed by atoms with van der Waals surface area (Å²) in [5.74, 6) is -1.65. The third-order valence-corrected chi connectivity index (χ3v) is 5.39. The van der Waals surface area contributed by atoms with Crippen LogP contribution in [0.5, 0.6) is 0 Å². The zero-order valence-electron chi connectivity index (χ0n) is 19.9. The molecule has 0 saturated carbocycles. The second kappa shape index (κ2) is 10.7. The minimum absolute atomic E-state index is 0.0598. The van der Waals surface area contributed by atoms with E-state index in [4.69, 9.17) is 16.2 Å². The van der Waals surface area contributed by atoms with Crippen molar-refractivity contribution in [1.82, 2.24) is 9.55 Å². The Balaban J connectivity index is 1.92. The number of ether oxygens (including phenoxy) is 1. The molecule has 184 valence electrons. The molecule has 1 heterocycles. The van der Waals surface area contributed by atoms with Gasteiger partial charge in [0.2, 0.25) is 0 Å². The Morgan fingerprint density at radius 3 is 2.40 bits per heavy atom. The number of nitrogens with one attached hydrogen (secondary N) is 1. The van der Waals surface area contributed by atoms with Crippen molar-refractivity contribution in [3.63, 3.8) is 0 Å². The lowest BCUT2D eigenvalue weighted by molar-refractivity contribution is -0.121. The quantitative estimate of drug-likeness (QED) is 0.329. The number of nitrogen functional groups attached to an aromatic ring is 2. The molecule has 2 aromatic carbocycles. The largest absolute Gasteiger partial charge is 0.452 e. The second-order valence-corrected chi connectivity index (χ2v) is 8.58. The lowest BCUT2D eigenvalue weighted by Gasteiger charge is -2.26.